The minimum Gasteiger partial charge on any atom is -0.406 e. The molecule has 1 unspecified atom stereocenters. The smallest absolute Gasteiger partial charge is 0.406 e. The summed E-state index contributed by atoms with van der Waals surface area (Å²) in [6.45, 7) is 1.77. The van der Waals surface area contributed by atoms with Crippen LogP contribution < -0.4 is 11.5 Å². The van der Waals surface area contributed by atoms with Gasteiger partial charge >= 0.3 is 5.76 Å². The highest BCUT2D eigenvalue weighted by atomic mass is 16.4. The third kappa shape index (κ3) is 1.48. The predicted molar refractivity (Wildman–Crippen MR) is 56.8 cm³/mol. The van der Waals surface area contributed by atoms with Gasteiger partial charge in [0.25, 0.3) is 0 Å². The molecule has 0 aromatic carbocycles. The number of pyridine rings is 1. The van der Waals surface area contributed by atoms with Gasteiger partial charge in [0.1, 0.15) is 6.04 Å². The number of fused-ring (bicyclic) bond motifs is 1. The molecule has 84 valence electrons. The Morgan fingerprint density at radius 2 is 2.44 bits per heavy atom. The molecule has 16 heavy (non-hydrogen) atoms. The van der Waals surface area contributed by atoms with Crippen molar-refractivity contribution in [2.24, 2.45) is 5.73 Å². The molecule has 2 aromatic rings. The molecule has 6 nitrogen and oxygen atoms in total. The quantitative estimate of drug-likeness (QED) is 0.813. The van der Waals surface area contributed by atoms with Gasteiger partial charge in [-0.2, -0.15) is 0 Å². The van der Waals surface area contributed by atoms with Crippen LogP contribution in [0.25, 0.3) is 11.2 Å². The highest BCUT2D eigenvalue weighted by Crippen LogP contribution is 2.16. The second-order valence-corrected chi connectivity index (χ2v) is 3.39. The lowest BCUT2D eigenvalue weighted by Crippen LogP contribution is -2.31. The van der Waals surface area contributed by atoms with Crippen LogP contribution in [-0.4, -0.2) is 15.5 Å². The van der Waals surface area contributed by atoms with Crippen molar-refractivity contribution >= 4 is 17.1 Å². The average molecular weight is 221 g/mol. The van der Waals surface area contributed by atoms with E-state index in [1.54, 1.807) is 19.1 Å². The number of oxazole rings is 1. The molecular weight excluding hydrogens is 210 g/mol. The molecular formula is C10H11N3O3. The Morgan fingerprint density at radius 1 is 1.69 bits per heavy atom. The summed E-state index contributed by atoms with van der Waals surface area (Å²) in [5, 5.41) is 0. The Kier molecular flexibility index (Phi) is 2.47. The molecule has 2 aromatic heterocycles. The maximum Gasteiger partial charge on any atom is 0.421 e. The van der Waals surface area contributed by atoms with Gasteiger partial charge in [0.05, 0.1) is 0 Å². The zero-order chi connectivity index (χ0) is 11.7. The Labute approximate surface area is 90.7 Å². The van der Waals surface area contributed by atoms with Crippen LogP contribution >= 0.6 is 0 Å². The van der Waals surface area contributed by atoms with Crippen LogP contribution in [-0.2, 0) is 4.79 Å². The van der Waals surface area contributed by atoms with Gasteiger partial charge in [-0.05, 0) is 18.6 Å². The monoisotopic (exact) mass is 221 g/mol. The first-order chi connectivity index (χ1) is 7.65. The Hall–Kier alpha value is -2.11. The van der Waals surface area contributed by atoms with Crippen LogP contribution in [0.15, 0.2) is 27.5 Å². The molecule has 0 saturated heterocycles. The summed E-state index contributed by atoms with van der Waals surface area (Å²) in [6, 6.07) is 2.55. The van der Waals surface area contributed by atoms with Crippen molar-refractivity contribution in [3.05, 3.63) is 28.9 Å². The highest BCUT2D eigenvalue weighted by Gasteiger charge is 2.22. The molecule has 0 aliphatic rings. The molecule has 1 amide bonds. The van der Waals surface area contributed by atoms with Crippen LogP contribution in [0.1, 0.15) is 19.4 Å². The van der Waals surface area contributed by atoms with Crippen molar-refractivity contribution in [1.29, 1.82) is 0 Å². The molecule has 0 aliphatic heterocycles. The van der Waals surface area contributed by atoms with Crippen LogP contribution in [0.2, 0.25) is 0 Å². The number of carbonyl (C=O) groups is 1. The van der Waals surface area contributed by atoms with E-state index < -0.39 is 17.7 Å². The van der Waals surface area contributed by atoms with Gasteiger partial charge < -0.3 is 10.2 Å². The van der Waals surface area contributed by atoms with E-state index in [-0.39, 0.29) is 0 Å². The maximum absolute atomic E-state index is 11.6. The fourth-order valence-electron chi connectivity index (χ4n) is 1.66. The van der Waals surface area contributed by atoms with E-state index in [4.69, 9.17) is 10.2 Å². The predicted octanol–water partition coefficient (Wildman–Crippen LogP) is 0.426. The Balaban J connectivity index is 2.71. The van der Waals surface area contributed by atoms with Gasteiger partial charge in [0.2, 0.25) is 5.91 Å². The van der Waals surface area contributed by atoms with Crippen molar-refractivity contribution in [1.82, 2.24) is 9.55 Å². The van der Waals surface area contributed by atoms with Crippen molar-refractivity contribution in [3.8, 4) is 0 Å². The highest BCUT2D eigenvalue weighted by molar-refractivity contribution is 5.80. The van der Waals surface area contributed by atoms with Crippen molar-refractivity contribution < 1.29 is 9.21 Å². The first-order valence-corrected chi connectivity index (χ1v) is 4.90. The number of nitrogens with two attached hydrogens (primary N) is 1. The minimum atomic E-state index is -0.719. The van der Waals surface area contributed by atoms with Gasteiger partial charge in [-0.1, -0.05) is 6.92 Å². The van der Waals surface area contributed by atoms with Crippen molar-refractivity contribution in [3.63, 3.8) is 0 Å². The van der Waals surface area contributed by atoms with E-state index in [0.717, 1.165) is 0 Å². The SMILES string of the molecule is CCC(C(N)=O)n1c(=O)oc2cccnc21. The summed E-state index contributed by atoms with van der Waals surface area (Å²) in [5.74, 6) is -1.18. The molecule has 0 fully saturated rings. The van der Waals surface area contributed by atoms with E-state index in [1.165, 1.54) is 10.8 Å². The van der Waals surface area contributed by atoms with Gasteiger partial charge in [-0.3, -0.25) is 4.79 Å². The number of rotatable bonds is 3. The van der Waals surface area contributed by atoms with Crippen LogP contribution in [0.5, 0.6) is 0 Å². The second kappa shape index (κ2) is 3.80. The molecule has 1 atom stereocenters. The number of hydrogen-bond donors (Lipinski definition) is 1. The maximum atomic E-state index is 11.6. The first-order valence-electron chi connectivity index (χ1n) is 4.90. The number of primary amides is 1. The van der Waals surface area contributed by atoms with Gasteiger partial charge in [-0.25, -0.2) is 14.3 Å². The molecule has 2 rings (SSSR count). The topological polar surface area (TPSA) is 91.1 Å². The number of aromatic nitrogens is 2. The van der Waals surface area contributed by atoms with Gasteiger partial charge in [0, 0.05) is 6.20 Å². The summed E-state index contributed by atoms with van der Waals surface area (Å²) < 4.78 is 6.16. The van der Waals surface area contributed by atoms with Gasteiger partial charge in [-0.15, -0.1) is 0 Å². The lowest BCUT2D eigenvalue weighted by Gasteiger charge is -2.10. The first kappa shape index (κ1) is 10.4. The second-order valence-electron chi connectivity index (χ2n) is 3.39. The third-order valence-corrected chi connectivity index (χ3v) is 2.40. The zero-order valence-electron chi connectivity index (χ0n) is 8.71. The lowest BCUT2D eigenvalue weighted by molar-refractivity contribution is -0.121. The number of amides is 1. The molecule has 0 spiro atoms. The molecule has 6 heteroatoms. The van der Waals surface area contributed by atoms with Gasteiger partial charge in [0.15, 0.2) is 11.2 Å². The largest absolute Gasteiger partial charge is 0.421 e. The molecule has 0 aliphatic carbocycles. The Morgan fingerprint density at radius 3 is 3.06 bits per heavy atom. The average Bonchev–Trinajstić information content (AvgIpc) is 2.57. The zero-order valence-corrected chi connectivity index (χ0v) is 8.71. The molecule has 0 radical (unpaired) electrons. The van der Waals surface area contributed by atoms with E-state index in [1.807, 2.05) is 0 Å². The number of carbonyl (C=O) groups excluding carboxylic acids is 1. The Bertz CT molecular complexity index is 584. The summed E-state index contributed by atoms with van der Waals surface area (Å²) in [7, 11) is 0. The van der Waals surface area contributed by atoms with E-state index in [0.29, 0.717) is 17.7 Å². The summed E-state index contributed by atoms with van der Waals surface area (Å²) >= 11 is 0. The summed E-state index contributed by atoms with van der Waals surface area (Å²) in [6.07, 6.45) is 1.95. The summed E-state index contributed by atoms with van der Waals surface area (Å²) in [4.78, 5) is 26.8. The van der Waals surface area contributed by atoms with Crippen LogP contribution in [0, 0.1) is 0 Å². The lowest BCUT2D eigenvalue weighted by atomic mass is 10.2. The standard InChI is InChI=1S/C10H11N3O3/c1-2-6(8(11)14)13-9-7(16-10(13)15)4-3-5-12-9/h3-6H,2H2,1H3,(H2,11,14). The van der Waals surface area contributed by atoms with Crippen molar-refractivity contribution in [2.45, 2.75) is 19.4 Å². The fraction of sp³-hybridized carbons (Fsp3) is 0.300. The normalized spacial score (nSPS) is 12.8. The molecule has 2 N–H and O–H groups in total. The van der Waals surface area contributed by atoms with Crippen molar-refractivity contribution in [2.75, 3.05) is 0 Å². The molecule has 0 saturated carbocycles. The number of nitrogens with zero attached hydrogens (tertiary/aromatic N) is 2. The number of hydrogen-bond acceptors (Lipinski definition) is 4. The molecule has 2 heterocycles. The van der Waals surface area contributed by atoms with E-state index in [2.05, 4.69) is 4.98 Å². The summed E-state index contributed by atoms with van der Waals surface area (Å²) in [5.41, 5.74) is 5.93. The van der Waals surface area contributed by atoms with E-state index in [9.17, 15) is 9.59 Å². The third-order valence-electron chi connectivity index (χ3n) is 2.40. The van der Waals surface area contributed by atoms with Crippen LogP contribution in [0.4, 0.5) is 0 Å². The molecule has 0 bridgehead atoms. The minimum absolute atomic E-state index is 0.346. The van der Waals surface area contributed by atoms with Crippen LogP contribution in [0.3, 0.4) is 0 Å². The fourth-order valence-corrected chi connectivity index (χ4v) is 1.66. The van der Waals surface area contributed by atoms with E-state index >= 15 is 0 Å².